The maximum atomic E-state index is 14.6. The summed E-state index contributed by atoms with van der Waals surface area (Å²) in [6.07, 6.45) is 1.85. The molecule has 3 atom stereocenters. The van der Waals surface area contributed by atoms with Crippen LogP contribution in [0.5, 0.6) is 5.75 Å². The molecular formula is C29H36ClF2NO3. The van der Waals surface area contributed by atoms with Gasteiger partial charge in [-0.2, -0.15) is 8.78 Å². The van der Waals surface area contributed by atoms with Crippen molar-refractivity contribution < 1.29 is 23.0 Å². The van der Waals surface area contributed by atoms with Gasteiger partial charge in [0.2, 0.25) is 0 Å². The van der Waals surface area contributed by atoms with Crippen LogP contribution in [0.25, 0.3) is 0 Å². The van der Waals surface area contributed by atoms with E-state index in [0.717, 1.165) is 19.3 Å². The maximum absolute atomic E-state index is 14.6. The van der Waals surface area contributed by atoms with E-state index < -0.39 is 23.5 Å². The Morgan fingerprint density at radius 1 is 1.08 bits per heavy atom. The third kappa shape index (κ3) is 7.28. The third-order valence-corrected chi connectivity index (χ3v) is 7.62. The normalized spacial score (nSPS) is 21.2. The van der Waals surface area contributed by atoms with Crippen LogP contribution < -0.4 is 4.74 Å². The van der Waals surface area contributed by atoms with E-state index in [2.05, 4.69) is 37.9 Å². The van der Waals surface area contributed by atoms with Crippen molar-refractivity contribution in [2.75, 3.05) is 7.11 Å². The molecule has 0 aromatic heterocycles. The van der Waals surface area contributed by atoms with Gasteiger partial charge in [-0.15, -0.1) is 0 Å². The number of halogens is 3. The monoisotopic (exact) mass is 519 g/mol. The van der Waals surface area contributed by atoms with E-state index in [1.165, 1.54) is 12.7 Å². The molecule has 0 aliphatic heterocycles. The molecule has 3 rings (SSSR count). The van der Waals surface area contributed by atoms with Crippen LogP contribution in [0.2, 0.25) is 0 Å². The van der Waals surface area contributed by atoms with E-state index >= 15 is 0 Å². The molecule has 36 heavy (non-hydrogen) atoms. The van der Waals surface area contributed by atoms with Crippen LogP contribution in [0.4, 0.5) is 14.5 Å². The zero-order valence-electron chi connectivity index (χ0n) is 21.5. The largest absolute Gasteiger partial charge is 0.497 e. The Bertz CT molecular complexity index is 1020. The van der Waals surface area contributed by atoms with Crippen molar-refractivity contribution in [3.8, 4) is 5.75 Å². The molecule has 0 heterocycles. The lowest BCUT2D eigenvalue weighted by Gasteiger charge is -2.44. The molecule has 1 saturated carbocycles. The molecule has 0 bridgehead atoms. The second-order valence-electron chi connectivity index (χ2n) is 10.3. The van der Waals surface area contributed by atoms with Gasteiger partial charge in [0.25, 0.3) is 5.92 Å². The number of ether oxygens (including phenoxy) is 2. The molecular weight excluding hydrogens is 484 g/mol. The molecule has 4 nitrogen and oxygen atoms in total. The van der Waals surface area contributed by atoms with Crippen molar-refractivity contribution in [3.05, 3.63) is 60.2 Å². The van der Waals surface area contributed by atoms with Crippen LogP contribution in [0.3, 0.4) is 0 Å². The minimum absolute atomic E-state index is 0.0464. The van der Waals surface area contributed by atoms with Crippen LogP contribution in [0, 0.1) is 11.8 Å². The Hall–Kier alpha value is -2.47. The van der Waals surface area contributed by atoms with Crippen molar-refractivity contribution in [3.63, 3.8) is 0 Å². The topological polar surface area (TPSA) is 47.9 Å². The van der Waals surface area contributed by atoms with Gasteiger partial charge in [-0.1, -0.05) is 69.1 Å². The summed E-state index contributed by atoms with van der Waals surface area (Å²) in [5, 5.41) is -0.799. The first kappa shape index (κ1) is 28.1. The lowest BCUT2D eigenvalue weighted by atomic mass is 9.64. The number of nitrogens with zero attached hydrogens (tertiary/aromatic N) is 1. The van der Waals surface area contributed by atoms with Gasteiger partial charge in [0.1, 0.15) is 11.9 Å². The summed E-state index contributed by atoms with van der Waals surface area (Å²) < 4.78 is 40.1. The average molecular weight is 520 g/mol. The van der Waals surface area contributed by atoms with E-state index in [-0.39, 0.29) is 30.3 Å². The average Bonchev–Trinajstić information content (AvgIpc) is 2.84. The Balaban J connectivity index is 1.57. The lowest BCUT2D eigenvalue weighted by molar-refractivity contribution is -0.156. The first-order valence-electron chi connectivity index (χ1n) is 12.5. The highest BCUT2D eigenvalue weighted by Gasteiger charge is 2.42. The molecule has 196 valence electrons. The summed E-state index contributed by atoms with van der Waals surface area (Å²) in [7, 11) is 1.52. The van der Waals surface area contributed by atoms with Gasteiger partial charge in [0, 0.05) is 18.8 Å². The molecule has 1 fully saturated rings. The van der Waals surface area contributed by atoms with E-state index in [4.69, 9.17) is 21.1 Å². The van der Waals surface area contributed by atoms with Gasteiger partial charge in [-0.3, -0.25) is 4.79 Å². The summed E-state index contributed by atoms with van der Waals surface area (Å²) in [4.78, 5) is 16.5. The van der Waals surface area contributed by atoms with Crippen LogP contribution in [-0.4, -0.2) is 30.3 Å². The number of carbonyl (C=O) groups excluding carboxylic acids is 1. The predicted octanol–water partition coefficient (Wildman–Crippen LogP) is 8.10. The maximum Gasteiger partial charge on any atom is 0.306 e. The van der Waals surface area contributed by atoms with Gasteiger partial charge in [0.15, 0.2) is 5.17 Å². The van der Waals surface area contributed by atoms with Crippen molar-refractivity contribution in [1.29, 1.82) is 0 Å². The number of methoxy groups -OCH3 is 1. The van der Waals surface area contributed by atoms with Gasteiger partial charge >= 0.3 is 5.97 Å². The smallest absolute Gasteiger partial charge is 0.306 e. The highest BCUT2D eigenvalue weighted by Crippen LogP contribution is 2.43. The zero-order valence-corrected chi connectivity index (χ0v) is 22.2. The van der Waals surface area contributed by atoms with Crippen LogP contribution in [0.1, 0.15) is 64.9 Å². The summed E-state index contributed by atoms with van der Waals surface area (Å²) in [5.41, 5.74) is 1.33. The van der Waals surface area contributed by atoms with Gasteiger partial charge < -0.3 is 9.47 Å². The number of hydrogen-bond acceptors (Lipinski definition) is 4. The Morgan fingerprint density at radius 3 is 2.39 bits per heavy atom. The first-order valence-corrected chi connectivity index (χ1v) is 12.9. The van der Waals surface area contributed by atoms with E-state index in [1.807, 2.05) is 18.2 Å². The number of rotatable bonds is 10. The number of benzene rings is 2. The van der Waals surface area contributed by atoms with Crippen molar-refractivity contribution >= 4 is 28.4 Å². The number of hydrogen-bond donors (Lipinski definition) is 0. The molecule has 2 aromatic rings. The molecule has 1 aliphatic carbocycles. The molecule has 2 aromatic carbocycles. The molecule has 7 heteroatoms. The quantitative estimate of drug-likeness (QED) is 0.235. The summed E-state index contributed by atoms with van der Waals surface area (Å²) in [6.45, 7) is 6.54. The highest BCUT2D eigenvalue weighted by atomic mass is 35.5. The number of alkyl halides is 2. The van der Waals surface area contributed by atoms with E-state index in [1.54, 1.807) is 24.3 Å². The second-order valence-corrected chi connectivity index (χ2v) is 10.7. The van der Waals surface area contributed by atoms with Crippen molar-refractivity contribution in [2.24, 2.45) is 16.8 Å². The fraction of sp³-hybridized carbons (Fsp3) is 0.517. The number of esters is 1. The molecule has 0 saturated heterocycles. The van der Waals surface area contributed by atoms with Gasteiger partial charge in [-0.05, 0) is 60.4 Å². The number of carbonyl (C=O) groups is 1. The molecule has 0 N–H and O–H groups in total. The minimum Gasteiger partial charge on any atom is -0.497 e. The Kier molecular flexibility index (Phi) is 9.51. The third-order valence-electron chi connectivity index (χ3n) is 7.25. The fourth-order valence-electron chi connectivity index (χ4n) is 5.00. The second kappa shape index (κ2) is 12.2. The van der Waals surface area contributed by atoms with E-state index in [9.17, 15) is 13.6 Å². The predicted molar refractivity (Wildman–Crippen MR) is 141 cm³/mol. The van der Waals surface area contributed by atoms with Crippen molar-refractivity contribution in [1.82, 2.24) is 0 Å². The molecule has 0 radical (unpaired) electrons. The summed E-state index contributed by atoms with van der Waals surface area (Å²) in [6, 6.07) is 16.6. The first-order chi connectivity index (χ1) is 17.0. The SMILES string of the molecule is COc1ccc(N=C(Cl)C(F)(F)CCCC(=O)O[C@@H]2C[C@H](C)CC[C@H]2C(C)(C)c2ccccc2)cc1. The van der Waals surface area contributed by atoms with Crippen LogP contribution in [0.15, 0.2) is 59.6 Å². The molecule has 1 aliphatic rings. The van der Waals surface area contributed by atoms with Gasteiger partial charge in [-0.25, -0.2) is 4.99 Å². The Labute approximate surface area is 218 Å². The van der Waals surface area contributed by atoms with Crippen LogP contribution >= 0.6 is 11.6 Å². The van der Waals surface area contributed by atoms with Crippen molar-refractivity contribution in [2.45, 2.75) is 76.7 Å². The summed E-state index contributed by atoms with van der Waals surface area (Å²) in [5.74, 6) is -2.58. The highest BCUT2D eigenvalue weighted by molar-refractivity contribution is 6.67. The standard InChI is InChI=1S/C29H36ClF2NO3/c1-20-12-17-24(28(2,3)21-9-6-5-7-10-21)25(19-20)36-26(34)11-8-18-29(31,32)27(30)33-22-13-15-23(35-4)16-14-22/h5-7,9-10,13-16,20,24-25H,8,11-12,17-19H2,1-4H3/t20-,24-,25-/m1/s1. The molecule has 0 unspecified atom stereocenters. The van der Waals surface area contributed by atoms with Gasteiger partial charge in [0.05, 0.1) is 12.8 Å². The minimum atomic E-state index is -3.33. The Morgan fingerprint density at radius 2 is 1.75 bits per heavy atom. The molecule has 0 spiro atoms. The number of aliphatic imine (C=N–C) groups is 1. The van der Waals surface area contributed by atoms with E-state index in [0.29, 0.717) is 17.4 Å². The zero-order chi connectivity index (χ0) is 26.3. The fourth-order valence-corrected chi connectivity index (χ4v) is 5.20. The lowest BCUT2D eigenvalue weighted by Crippen LogP contribution is -2.43. The summed E-state index contributed by atoms with van der Waals surface area (Å²) >= 11 is 5.85. The molecule has 0 amide bonds. The van der Waals surface area contributed by atoms with Crippen LogP contribution in [-0.2, 0) is 14.9 Å².